The van der Waals surface area contributed by atoms with Gasteiger partial charge in [-0.15, -0.1) is 0 Å². The van der Waals surface area contributed by atoms with Crippen molar-refractivity contribution >= 4 is 43.2 Å². The Labute approximate surface area is 128 Å². The lowest BCUT2D eigenvalue weighted by molar-refractivity contribution is -0.140. The second-order valence-corrected chi connectivity index (χ2v) is 3.86. The van der Waals surface area contributed by atoms with E-state index >= 15 is 0 Å². The Bertz CT molecular complexity index is 239. The highest BCUT2D eigenvalue weighted by molar-refractivity contribution is 7.81. The maximum atomic E-state index is 9.70. The molecule has 0 aromatic rings. The molecule has 10 heteroatoms. The molecule has 0 aliphatic rings. The van der Waals surface area contributed by atoms with E-state index in [9.17, 15) is 14.4 Å². The quantitative estimate of drug-likeness (QED) is 0.282. The molecule has 0 radical (unpaired) electrons. The van der Waals surface area contributed by atoms with Crippen LogP contribution >= 0.6 is 25.3 Å². The van der Waals surface area contributed by atoms with Gasteiger partial charge in [0.2, 0.25) is 0 Å². The minimum Gasteiger partial charge on any atom is -0.481 e. The highest BCUT2D eigenvalue weighted by Crippen LogP contribution is 1.87. The van der Waals surface area contributed by atoms with Gasteiger partial charge in [-0.1, -0.05) is 13.8 Å². The lowest BCUT2D eigenvalue weighted by atomic mass is 10.2. The third-order valence-electron chi connectivity index (χ3n) is 0.764. The molecular formula is C10H22O8S2. The molecule has 0 aromatic heterocycles. The summed E-state index contributed by atoms with van der Waals surface area (Å²) in [7, 11) is 0. The number of carboxylic acids is 3. The smallest absolute Gasteiger partial charge is 0.313 e. The van der Waals surface area contributed by atoms with Crippen LogP contribution in [0.4, 0.5) is 0 Å². The highest BCUT2D eigenvalue weighted by Gasteiger charge is 1.99. The molecule has 0 aliphatic carbocycles. The fourth-order valence-corrected chi connectivity index (χ4v) is 0. The van der Waals surface area contributed by atoms with Gasteiger partial charge in [0.15, 0.2) is 0 Å². The van der Waals surface area contributed by atoms with Crippen molar-refractivity contribution in [3.63, 3.8) is 0 Å². The first-order valence-corrected chi connectivity index (χ1v) is 6.42. The van der Waals surface area contributed by atoms with Gasteiger partial charge in [-0.2, -0.15) is 25.3 Å². The van der Waals surface area contributed by atoms with Crippen LogP contribution in [0.2, 0.25) is 0 Å². The largest absolute Gasteiger partial charge is 0.481 e. The molecule has 0 saturated heterocycles. The van der Waals surface area contributed by atoms with Crippen molar-refractivity contribution in [2.24, 2.45) is 5.92 Å². The van der Waals surface area contributed by atoms with Gasteiger partial charge < -0.3 is 25.5 Å². The first kappa shape index (κ1) is 27.4. The molecule has 0 heterocycles. The Morgan fingerprint density at radius 1 is 0.850 bits per heavy atom. The maximum absolute atomic E-state index is 9.70. The van der Waals surface area contributed by atoms with Crippen molar-refractivity contribution < 1.29 is 39.9 Å². The zero-order valence-corrected chi connectivity index (χ0v) is 13.2. The Balaban J connectivity index is -0.0000000862. The van der Waals surface area contributed by atoms with E-state index < -0.39 is 24.2 Å². The summed E-state index contributed by atoms with van der Waals surface area (Å²) in [4.78, 5) is 28.3. The molecule has 0 unspecified atom stereocenters. The molecule has 0 aliphatic heterocycles. The van der Waals surface area contributed by atoms with Crippen LogP contribution in [-0.4, -0.2) is 61.2 Å². The zero-order chi connectivity index (χ0) is 17.3. The molecule has 20 heavy (non-hydrogen) atoms. The molecule has 0 aromatic carbocycles. The van der Waals surface area contributed by atoms with E-state index in [1.54, 1.807) is 13.8 Å². The van der Waals surface area contributed by atoms with Crippen LogP contribution in [-0.2, 0) is 14.4 Å². The number of thiol groups is 2. The van der Waals surface area contributed by atoms with E-state index in [0.717, 1.165) is 0 Å². The van der Waals surface area contributed by atoms with Gasteiger partial charge in [0.1, 0.15) is 6.29 Å². The highest BCUT2D eigenvalue weighted by atomic mass is 32.1. The van der Waals surface area contributed by atoms with Gasteiger partial charge in [-0.3, -0.25) is 14.4 Å². The molecule has 8 nitrogen and oxygen atoms in total. The summed E-state index contributed by atoms with van der Waals surface area (Å²) in [6, 6.07) is 0. The Morgan fingerprint density at radius 3 is 0.950 bits per heavy atom. The van der Waals surface area contributed by atoms with Crippen LogP contribution in [0.15, 0.2) is 0 Å². The summed E-state index contributed by atoms with van der Waals surface area (Å²) in [5.41, 5.74) is 0. The fourth-order valence-electron chi connectivity index (χ4n) is 0. The van der Waals surface area contributed by atoms with Crippen molar-refractivity contribution in [3.8, 4) is 0 Å². The van der Waals surface area contributed by atoms with Gasteiger partial charge in [0, 0.05) is 0 Å². The lowest BCUT2D eigenvalue weighted by Gasteiger charge is -1.89. The summed E-state index contributed by atoms with van der Waals surface area (Å²) >= 11 is 6.83. The van der Waals surface area contributed by atoms with Crippen molar-refractivity contribution in [2.45, 2.75) is 27.1 Å². The van der Waals surface area contributed by atoms with E-state index in [1.165, 1.54) is 6.92 Å². The molecule has 0 saturated carbocycles. The summed E-state index contributed by atoms with van der Waals surface area (Å²) < 4.78 is 0. The van der Waals surface area contributed by atoms with Crippen molar-refractivity contribution in [2.75, 3.05) is 11.5 Å². The molecule has 0 bridgehead atoms. The van der Waals surface area contributed by atoms with E-state index in [1.807, 2.05) is 0 Å². The van der Waals surface area contributed by atoms with Crippen LogP contribution in [0.5, 0.6) is 0 Å². The summed E-state index contributed by atoms with van der Waals surface area (Å²) in [6.07, 6.45) is -1.17. The number of carbonyl (C=O) groups is 3. The molecule has 0 atom stereocenters. The number of hydrogen-bond donors (Lipinski definition) is 7. The molecule has 0 fully saturated rings. The molecule has 0 spiro atoms. The normalized spacial score (nSPS) is 8.25. The van der Waals surface area contributed by atoms with Crippen LogP contribution in [0, 0.1) is 5.92 Å². The van der Waals surface area contributed by atoms with Crippen LogP contribution in [0.3, 0.4) is 0 Å². The Hall–Kier alpha value is -0.970. The standard InChI is InChI=1S/C4H8O2.2C2H4O2S.C2H6O2/c1-3(2)4(5)6;2*3-2(4)1-5;1-2(3)4/h3H,1-2H3,(H,5,6);2*5H,1H2,(H,3,4);2-4H,1H3. The van der Waals surface area contributed by atoms with Crippen LogP contribution < -0.4 is 0 Å². The Kier molecular flexibility index (Phi) is 27.9. The molecule has 0 amide bonds. The predicted molar refractivity (Wildman–Crippen MR) is 79.4 cm³/mol. The SMILES string of the molecule is CC(C)C(=O)O.CC(O)O.O=C(O)CS.O=C(O)CS. The van der Waals surface area contributed by atoms with Gasteiger partial charge in [0.05, 0.1) is 17.4 Å². The topological polar surface area (TPSA) is 152 Å². The summed E-state index contributed by atoms with van der Waals surface area (Å²) in [5, 5.41) is 38.5. The molecule has 0 rings (SSSR count). The molecule has 122 valence electrons. The molecular weight excluding hydrogens is 312 g/mol. The first-order valence-electron chi connectivity index (χ1n) is 5.16. The third kappa shape index (κ3) is 88.5. The average Bonchev–Trinajstić information content (AvgIpc) is 2.29. The van der Waals surface area contributed by atoms with E-state index in [0.29, 0.717) is 0 Å². The number of carboxylic acid groups (broad SMARTS) is 3. The van der Waals surface area contributed by atoms with Crippen LogP contribution in [0.25, 0.3) is 0 Å². The minimum absolute atomic E-state index is 0.0833. The second kappa shape index (κ2) is 20.3. The maximum Gasteiger partial charge on any atom is 0.313 e. The predicted octanol–water partition coefficient (Wildman–Crippen LogP) is 0.0456. The summed E-state index contributed by atoms with van der Waals surface area (Å²) in [6.45, 7) is 4.56. The number of rotatable bonds is 3. The molecule has 5 N–H and O–H groups in total. The zero-order valence-electron chi connectivity index (χ0n) is 11.4. The van der Waals surface area contributed by atoms with E-state index in [2.05, 4.69) is 25.3 Å². The minimum atomic E-state index is -1.17. The number of hydrogen-bond acceptors (Lipinski definition) is 7. The van der Waals surface area contributed by atoms with Crippen molar-refractivity contribution in [1.82, 2.24) is 0 Å². The van der Waals surface area contributed by atoms with Gasteiger partial charge >= 0.3 is 17.9 Å². The number of aliphatic hydroxyl groups is 2. The van der Waals surface area contributed by atoms with Gasteiger partial charge in [-0.25, -0.2) is 0 Å². The van der Waals surface area contributed by atoms with Crippen LogP contribution in [0.1, 0.15) is 20.8 Å². The van der Waals surface area contributed by atoms with Crippen molar-refractivity contribution in [3.05, 3.63) is 0 Å². The second-order valence-electron chi connectivity index (χ2n) is 3.23. The fraction of sp³-hybridized carbons (Fsp3) is 0.700. The number of aliphatic carboxylic acids is 3. The first-order chi connectivity index (χ1) is 8.91. The van der Waals surface area contributed by atoms with Gasteiger partial charge in [0.25, 0.3) is 0 Å². The van der Waals surface area contributed by atoms with E-state index in [-0.39, 0.29) is 17.4 Å². The monoisotopic (exact) mass is 334 g/mol. The summed E-state index contributed by atoms with van der Waals surface area (Å²) in [5.74, 6) is -2.90. The lowest BCUT2D eigenvalue weighted by Crippen LogP contribution is -2.03. The van der Waals surface area contributed by atoms with Gasteiger partial charge in [-0.05, 0) is 6.92 Å². The number of aliphatic hydroxyl groups excluding tert-OH is 1. The van der Waals surface area contributed by atoms with E-state index in [4.69, 9.17) is 25.5 Å². The Morgan fingerprint density at radius 2 is 0.950 bits per heavy atom. The van der Waals surface area contributed by atoms with Crippen molar-refractivity contribution in [1.29, 1.82) is 0 Å². The average molecular weight is 334 g/mol. The third-order valence-corrected chi connectivity index (χ3v) is 1.31.